The van der Waals surface area contributed by atoms with Gasteiger partial charge in [-0.2, -0.15) is 4.98 Å². The monoisotopic (exact) mass is 342 g/mol. The van der Waals surface area contributed by atoms with Gasteiger partial charge < -0.3 is 9.84 Å². The van der Waals surface area contributed by atoms with Crippen molar-refractivity contribution in [2.24, 2.45) is 0 Å². The first-order chi connectivity index (χ1) is 12.1. The Morgan fingerprint density at radius 1 is 1.36 bits per heavy atom. The molecule has 1 fully saturated rings. The molecule has 0 bridgehead atoms. The number of fused-ring (bicyclic) bond motifs is 1. The van der Waals surface area contributed by atoms with Crippen molar-refractivity contribution >= 4 is 11.6 Å². The first-order valence-electron chi connectivity index (χ1n) is 8.23. The lowest BCUT2D eigenvalue weighted by Crippen LogP contribution is -2.46. The molecule has 0 atom stereocenters. The summed E-state index contributed by atoms with van der Waals surface area (Å²) >= 11 is 0. The van der Waals surface area contributed by atoms with Crippen molar-refractivity contribution in [3.8, 4) is 0 Å². The third kappa shape index (κ3) is 2.71. The first-order valence-corrected chi connectivity index (χ1v) is 8.23. The molecule has 1 aliphatic carbocycles. The second-order valence-electron chi connectivity index (χ2n) is 6.34. The zero-order valence-electron chi connectivity index (χ0n) is 13.8. The maximum atomic E-state index is 12.6. The first kappa shape index (κ1) is 15.6. The third-order valence-electron chi connectivity index (χ3n) is 4.57. The molecule has 0 radical (unpaired) electrons. The topological polar surface area (TPSA) is 107 Å². The number of carbonyl (C=O) groups excluding carboxylic acids is 1. The maximum absolute atomic E-state index is 12.6. The normalized spacial score (nSPS) is 16.4. The standard InChI is InChI=1S/C16H18N6O3/c1-11-17-14(20-25-11)16(7-3-4-8-16)18-13(23)10-22-15(24)21-9-5-2-6-12(21)19-22/h2,5-6,9H,3-4,7-8,10H2,1H3,(H,18,23). The summed E-state index contributed by atoms with van der Waals surface area (Å²) in [5, 5.41) is 11.2. The highest BCUT2D eigenvalue weighted by atomic mass is 16.5. The number of carbonyl (C=O) groups is 1. The highest BCUT2D eigenvalue weighted by Gasteiger charge is 2.41. The SMILES string of the molecule is Cc1nc(C2(NC(=O)Cn3nc4ccccn4c3=O)CCCC2)no1. The van der Waals surface area contributed by atoms with E-state index in [4.69, 9.17) is 4.52 Å². The van der Waals surface area contributed by atoms with Gasteiger partial charge in [-0.1, -0.05) is 24.1 Å². The predicted octanol–water partition coefficient (Wildman–Crippen LogP) is 0.773. The molecule has 9 heteroatoms. The molecule has 0 aromatic carbocycles. The number of pyridine rings is 1. The van der Waals surface area contributed by atoms with Crippen molar-refractivity contribution in [3.63, 3.8) is 0 Å². The molecule has 0 saturated heterocycles. The van der Waals surface area contributed by atoms with E-state index >= 15 is 0 Å². The van der Waals surface area contributed by atoms with Crippen LogP contribution in [0.15, 0.2) is 33.7 Å². The summed E-state index contributed by atoms with van der Waals surface area (Å²) in [6.45, 7) is 1.57. The Bertz CT molecular complexity index is 979. The van der Waals surface area contributed by atoms with Crippen LogP contribution < -0.4 is 11.0 Å². The van der Waals surface area contributed by atoms with Crippen molar-refractivity contribution in [1.82, 2.24) is 29.6 Å². The fraction of sp³-hybridized carbons (Fsp3) is 0.438. The van der Waals surface area contributed by atoms with E-state index in [9.17, 15) is 9.59 Å². The van der Waals surface area contributed by atoms with Crippen LogP contribution >= 0.6 is 0 Å². The summed E-state index contributed by atoms with van der Waals surface area (Å²) in [5.74, 6) is 0.667. The minimum Gasteiger partial charge on any atom is -0.342 e. The van der Waals surface area contributed by atoms with Crippen LogP contribution in [-0.4, -0.2) is 30.2 Å². The van der Waals surface area contributed by atoms with Crippen LogP contribution in [0, 0.1) is 6.92 Å². The molecule has 3 heterocycles. The molecular formula is C16H18N6O3. The molecule has 0 unspecified atom stereocenters. The van der Waals surface area contributed by atoms with Crippen LogP contribution in [0.2, 0.25) is 0 Å². The van der Waals surface area contributed by atoms with Crippen LogP contribution in [0.3, 0.4) is 0 Å². The average Bonchev–Trinajstić information content (AvgIpc) is 3.30. The molecule has 130 valence electrons. The van der Waals surface area contributed by atoms with Crippen molar-refractivity contribution in [3.05, 3.63) is 46.6 Å². The largest absolute Gasteiger partial charge is 0.350 e. The van der Waals surface area contributed by atoms with Gasteiger partial charge in [0, 0.05) is 13.1 Å². The highest BCUT2D eigenvalue weighted by molar-refractivity contribution is 5.76. The van der Waals surface area contributed by atoms with E-state index < -0.39 is 5.54 Å². The van der Waals surface area contributed by atoms with Crippen molar-refractivity contribution in [2.45, 2.75) is 44.7 Å². The smallest absolute Gasteiger partial charge is 0.342 e. The number of nitrogens with one attached hydrogen (secondary N) is 1. The summed E-state index contributed by atoms with van der Waals surface area (Å²) in [7, 11) is 0. The summed E-state index contributed by atoms with van der Waals surface area (Å²) in [6.07, 6.45) is 5.07. The van der Waals surface area contributed by atoms with Gasteiger partial charge in [0.05, 0.1) is 0 Å². The minimum atomic E-state index is -0.627. The summed E-state index contributed by atoms with van der Waals surface area (Å²) in [5.41, 5.74) is -0.469. The lowest BCUT2D eigenvalue weighted by Gasteiger charge is -2.26. The predicted molar refractivity (Wildman–Crippen MR) is 86.8 cm³/mol. The average molecular weight is 342 g/mol. The Labute approximate surface area is 142 Å². The van der Waals surface area contributed by atoms with Crippen LogP contribution in [-0.2, 0) is 16.9 Å². The fourth-order valence-electron chi connectivity index (χ4n) is 3.39. The lowest BCUT2D eigenvalue weighted by atomic mass is 9.96. The minimum absolute atomic E-state index is 0.154. The van der Waals surface area contributed by atoms with E-state index in [0.29, 0.717) is 17.4 Å². The van der Waals surface area contributed by atoms with Gasteiger partial charge in [0.25, 0.3) is 0 Å². The maximum Gasteiger partial charge on any atom is 0.350 e. The van der Waals surface area contributed by atoms with Crippen LogP contribution in [0.25, 0.3) is 5.65 Å². The van der Waals surface area contributed by atoms with E-state index in [2.05, 4.69) is 20.6 Å². The molecule has 3 aromatic rings. The van der Waals surface area contributed by atoms with Gasteiger partial charge in [0.15, 0.2) is 11.5 Å². The molecule has 1 N–H and O–H groups in total. The van der Waals surface area contributed by atoms with E-state index in [-0.39, 0.29) is 18.1 Å². The Morgan fingerprint density at radius 3 is 2.84 bits per heavy atom. The molecule has 1 saturated carbocycles. The number of rotatable bonds is 4. The summed E-state index contributed by atoms with van der Waals surface area (Å²) in [4.78, 5) is 29.2. The number of hydrogen-bond acceptors (Lipinski definition) is 6. The quantitative estimate of drug-likeness (QED) is 0.750. The van der Waals surface area contributed by atoms with E-state index in [1.54, 1.807) is 31.3 Å². The van der Waals surface area contributed by atoms with Gasteiger partial charge in [-0.25, -0.2) is 9.48 Å². The third-order valence-corrected chi connectivity index (χ3v) is 4.57. The Kier molecular flexibility index (Phi) is 3.63. The van der Waals surface area contributed by atoms with Crippen LogP contribution in [0.5, 0.6) is 0 Å². The number of aromatic nitrogens is 5. The molecule has 25 heavy (non-hydrogen) atoms. The molecule has 0 aliphatic heterocycles. The molecule has 4 rings (SSSR count). The Morgan fingerprint density at radius 2 is 2.16 bits per heavy atom. The molecule has 9 nitrogen and oxygen atoms in total. The molecular weight excluding hydrogens is 324 g/mol. The lowest BCUT2D eigenvalue weighted by molar-refractivity contribution is -0.124. The van der Waals surface area contributed by atoms with Gasteiger partial charge in [0.1, 0.15) is 12.1 Å². The summed E-state index contributed by atoms with van der Waals surface area (Å²) in [6, 6.07) is 5.25. The number of amides is 1. The Balaban J connectivity index is 1.58. The van der Waals surface area contributed by atoms with Gasteiger partial charge in [0.2, 0.25) is 11.8 Å². The van der Waals surface area contributed by atoms with Crippen molar-refractivity contribution in [2.75, 3.05) is 0 Å². The molecule has 1 aliphatic rings. The van der Waals surface area contributed by atoms with E-state index in [0.717, 1.165) is 30.4 Å². The number of hydrogen-bond donors (Lipinski definition) is 1. The molecule has 3 aromatic heterocycles. The second kappa shape index (κ2) is 5.83. The van der Waals surface area contributed by atoms with Gasteiger partial charge in [-0.05, 0) is 25.0 Å². The second-order valence-corrected chi connectivity index (χ2v) is 6.34. The van der Waals surface area contributed by atoms with Gasteiger partial charge in [-0.3, -0.25) is 9.20 Å². The zero-order chi connectivity index (χ0) is 17.4. The van der Waals surface area contributed by atoms with E-state index in [1.807, 2.05) is 0 Å². The van der Waals surface area contributed by atoms with Crippen molar-refractivity contribution < 1.29 is 9.32 Å². The number of nitrogens with zero attached hydrogens (tertiary/aromatic N) is 5. The molecule has 0 spiro atoms. The Hall–Kier alpha value is -2.97. The van der Waals surface area contributed by atoms with Gasteiger partial charge >= 0.3 is 5.69 Å². The van der Waals surface area contributed by atoms with E-state index in [1.165, 1.54) is 4.40 Å². The van der Waals surface area contributed by atoms with Crippen LogP contribution in [0.1, 0.15) is 37.4 Å². The highest BCUT2D eigenvalue weighted by Crippen LogP contribution is 2.37. The zero-order valence-corrected chi connectivity index (χ0v) is 13.8. The van der Waals surface area contributed by atoms with Crippen LogP contribution in [0.4, 0.5) is 0 Å². The van der Waals surface area contributed by atoms with Gasteiger partial charge in [-0.15, -0.1) is 5.10 Å². The van der Waals surface area contributed by atoms with Crippen molar-refractivity contribution in [1.29, 1.82) is 0 Å². The number of aryl methyl sites for hydroxylation is 1. The fourth-order valence-corrected chi connectivity index (χ4v) is 3.39. The summed E-state index contributed by atoms with van der Waals surface area (Å²) < 4.78 is 7.64. The molecule has 1 amide bonds.